The Hall–Kier alpha value is -3.40. The van der Waals surface area contributed by atoms with Crippen LogP contribution in [-0.4, -0.2) is 28.5 Å². The number of piperidine rings is 1. The number of hydrogen-bond donors (Lipinski definition) is 0. The Morgan fingerprint density at radius 1 is 0.781 bits per heavy atom. The smallest absolute Gasteiger partial charge is 0.242 e. The van der Waals surface area contributed by atoms with Crippen molar-refractivity contribution in [2.75, 3.05) is 13.1 Å². The van der Waals surface area contributed by atoms with Gasteiger partial charge in [0.25, 0.3) is 0 Å². The quantitative estimate of drug-likeness (QED) is 0.422. The number of para-hydroxylation sites is 2. The molecule has 1 fully saturated rings. The molecule has 1 aromatic heterocycles. The van der Waals surface area contributed by atoms with Gasteiger partial charge in [-0.25, -0.2) is 0 Å². The maximum atomic E-state index is 13.3. The molecule has 4 aromatic rings. The summed E-state index contributed by atoms with van der Waals surface area (Å²) >= 11 is 0. The molecule has 2 heterocycles. The van der Waals surface area contributed by atoms with E-state index in [-0.39, 0.29) is 17.9 Å². The lowest BCUT2D eigenvalue weighted by Gasteiger charge is -2.32. The van der Waals surface area contributed by atoms with Gasteiger partial charge in [0.1, 0.15) is 6.54 Å². The topological polar surface area (TPSA) is 42.3 Å². The summed E-state index contributed by atoms with van der Waals surface area (Å²) in [5.41, 5.74) is 3.06. The summed E-state index contributed by atoms with van der Waals surface area (Å²) < 4.78 is 2.01. The molecule has 162 valence electrons. The van der Waals surface area contributed by atoms with Crippen LogP contribution in [0.5, 0.6) is 0 Å². The van der Waals surface area contributed by atoms with Crippen molar-refractivity contribution >= 4 is 27.7 Å². The number of carbonyl (C=O) groups excluding carboxylic acids is 1. The number of nitrogens with zero attached hydrogens (tertiary/aromatic N) is 2. The molecule has 0 radical (unpaired) electrons. The van der Waals surface area contributed by atoms with Crippen molar-refractivity contribution in [1.82, 2.24) is 9.47 Å². The van der Waals surface area contributed by atoms with E-state index in [0.717, 1.165) is 43.4 Å². The molecule has 4 nitrogen and oxygen atoms in total. The highest BCUT2D eigenvalue weighted by Gasteiger charge is 2.23. The van der Waals surface area contributed by atoms with E-state index in [2.05, 4.69) is 30.3 Å². The fraction of sp³-hybridized carbons (Fsp3) is 0.286. The van der Waals surface area contributed by atoms with Gasteiger partial charge in [-0.05, 0) is 61.4 Å². The largest absolute Gasteiger partial charge is 0.341 e. The first-order chi connectivity index (χ1) is 15.7. The van der Waals surface area contributed by atoms with Crippen LogP contribution in [0.1, 0.15) is 24.8 Å². The van der Waals surface area contributed by atoms with Gasteiger partial charge in [0.2, 0.25) is 5.91 Å². The van der Waals surface area contributed by atoms with E-state index in [4.69, 9.17) is 0 Å². The fourth-order valence-electron chi connectivity index (χ4n) is 4.97. The third kappa shape index (κ3) is 4.05. The second-order valence-corrected chi connectivity index (χ2v) is 8.80. The summed E-state index contributed by atoms with van der Waals surface area (Å²) in [4.78, 5) is 28.2. The van der Waals surface area contributed by atoms with Crippen LogP contribution in [0.2, 0.25) is 0 Å². The first-order valence-corrected chi connectivity index (χ1v) is 11.5. The number of fused-ring (bicyclic) bond motifs is 2. The van der Waals surface area contributed by atoms with Crippen LogP contribution in [0.25, 0.3) is 21.8 Å². The van der Waals surface area contributed by atoms with E-state index < -0.39 is 0 Å². The SMILES string of the molecule is O=C(Cn1c2ccccc2c(=O)c2ccccc21)N1CCC(CCc2ccccc2)CC1. The molecule has 0 saturated carbocycles. The molecule has 0 aliphatic carbocycles. The highest BCUT2D eigenvalue weighted by atomic mass is 16.2. The lowest BCUT2D eigenvalue weighted by molar-refractivity contribution is -0.133. The van der Waals surface area contributed by atoms with Crippen LogP contribution in [0.3, 0.4) is 0 Å². The number of benzene rings is 3. The number of carbonyl (C=O) groups is 1. The zero-order valence-corrected chi connectivity index (χ0v) is 18.2. The molecule has 0 atom stereocenters. The van der Waals surface area contributed by atoms with Crippen molar-refractivity contribution < 1.29 is 4.79 Å². The lowest BCUT2D eigenvalue weighted by atomic mass is 9.90. The van der Waals surface area contributed by atoms with E-state index in [1.54, 1.807) is 0 Å². The molecule has 1 amide bonds. The van der Waals surface area contributed by atoms with Crippen LogP contribution in [0, 0.1) is 5.92 Å². The van der Waals surface area contributed by atoms with E-state index >= 15 is 0 Å². The van der Waals surface area contributed by atoms with Crippen LogP contribution >= 0.6 is 0 Å². The van der Waals surface area contributed by atoms with Gasteiger partial charge >= 0.3 is 0 Å². The maximum Gasteiger partial charge on any atom is 0.242 e. The number of hydrogen-bond acceptors (Lipinski definition) is 2. The average molecular weight is 425 g/mol. The monoisotopic (exact) mass is 424 g/mol. The Kier molecular flexibility index (Phi) is 5.76. The molecular formula is C28H28N2O2. The van der Waals surface area contributed by atoms with Crippen LogP contribution in [-0.2, 0) is 17.8 Å². The molecule has 0 spiro atoms. The van der Waals surface area contributed by atoms with Crippen molar-refractivity contribution in [3.8, 4) is 0 Å². The summed E-state index contributed by atoms with van der Waals surface area (Å²) in [7, 11) is 0. The normalized spacial score (nSPS) is 14.8. The summed E-state index contributed by atoms with van der Waals surface area (Å²) in [5, 5.41) is 1.33. The molecule has 1 aliphatic heterocycles. The van der Waals surface area contributed by atoms with Gasteiger partial charge in [-0.1, -0.05) is 54.6 Å². The van der Waals surface area contributed by atoms with E-state index in [0.29, 0.717) is 16.7 Å². The number of rotatable bonds is 5. The van der Waals surface area contributed by atoms with E-state index in [9.17, 15) is 9.59 Å². The Labute approximate surface area is 188 Å². The summed E-state index contributed by atoms with van der Waals surface area (Å²) in [5.74, 6) is 0.804. The van der Waals surface area contributed by atoms with Gasteiger partial charge < -0.3 is 9.47 Å². The van der Waals surface area contributed by atoms with E-state index in [1.807, 2.05) is 58.0 Å². The molecule has 1 saturated heterocycles. The molecule has 4 heteroatoms. The molecule has 0 N–H and O–H groups in total. The van der Waals surface area contributed by atoms with Gasteiger partial charge in [0.05, 0.1) is 11.0 Å². The maximum absolute atomic E-state index is 13.3. The highest BCUT2D eigenvalue weighted by Crippen LogP contribution is 2.24. The molecule has 0 unspecified atom stereocenters. The second-order valence-electron chi connectivity index (χ2n) is 8.80. The Bertz CT molecular complexity index is 1240. The number of amides is 1. The molecule has 3 aromatic carbocycles. The van der Waals surface area contributed by atoms with Gasteiger partial charge in [-0.15, -0.1) is 0 Å². The first-order valence-electron chi connectivity index (χ1n) is 11.5. The average Bonchev–Trinajstić information content (AvgIpc) is 2.86. The van der Waals surface area contributed by atoms with Gasteiger partial charge in [-0.3, -0.25) is 9.59 Å². The molecular weight excluding hydrogens is 396 g/mol. The summed E-state index contributed by atoms with van der Waals surface area (Å²) in [6.45, 7) is 1.89. The summed E-state index contributed by atoms with van der Waals surface area (Å²) in [6.07, 6.45) is 4.41. The standard InChI is InChI=1S/C28H28N2O2/c31-27(29-18-16-22(17-19-29)15-14-21-8-2-1-3-9-21)20-30-25-12-6-4-10-23(25)28(32)24-11-5-7-13-26(24)30/h1-13,22H,14-20H2. The Morgan fingerprint density at radius 2 is 1.34 bits per heavy atom. The van der Waals surface area contributed by atoms with Crippen molar-refractivity contribution in [1.29, 1.82) is 0 Å². The van der Waals surface area contributed by atoms with E-state index in [1.165, 1.54) is 12.0 Å². The molecule has 32 heavy (non-hydrogen) atoms. The number of aromatic nitrogens is 1. The van der Waals surface area contributed by atoms with Crippen molar-refractivity contribution in [3.63, 3.8) is 0 Å². The van der Waals surface area contributed by atoms with Crippen molar-refractivity contribution in [2.45, 2.75) is 32.2 Å². The zero-order valence-electron chi connectivity index (χ0n) is 18.2. The minimum atomic E-state index is 0.0270. The lowest BCUT2D eigenvalue weighted by Crippen LogP contribution is -2.40. The summed E-state index contributed by atoms with van der Waals surface area (Å²) in [6, 6.07) is 25.8. The number of aryl methyl sites for hydroxylation is 1. The molecule has 5 rings (SSSR count). The zero-order chi connectivity index (χ0) is 21.9. The Balaban J connectivity index is 1.30. The highest BCUT2D eigenvalue weighted by molar-refractivity contribution is 5.94. The van der Waals surface area contributed by atoms with Crippen LogP contribution < -0.4 is 5.43 Å². The van der Waals surface area contributed by atoms with Gasteiger partial charge in [-0.2, -0.15) is 0 Å². The van der Waals surface area contributed by atoms with Crippen LogP contribution in [0.15, 0.2) is 83.7 Å². The van der Waals surface area contributed by atoms with Crippen LogP contribution in [0.4, 0.5) is 0 Å². The second kappa shape index (κ2) is 8.99. The first kappa shape index (κ1) is 20.5. The Morgan fingerprint density at radius 3 is 1.97 bits per heavy atom. The predicted molar refractivity (Wildman–Crippen MR) is 130 cm³/mol. The van der Waals surface area contributed by atoms with Crippen molar-refractivity contribution in [3.05, 3.63) is 94.6 Å². The number of likely N-dealkylation sites (tertiary alicyclic amines) is 1. The fourth-order valence-corrected chi connectivity index (χ4v) is 4.97. The van der Waals surface area contributed by atoms with Crippen molar-refractivity contribution in [2.24, 2.45) is 5.92 Å². The molecule has 0 bridgehead atoms. The predicted octanol–water partition coefficient (Wildman–Crippen LogP) is 5.03. The minimum absolute atomic E-state index is 0.0270. The van der Waals surface area contributed by atoms with Gasteiger partial charge in [0, 0.05) is 23.9 Å². The number of pyridine rings is 1. The third-order valence-corrected chi connectivity index (χ3v) is 6.82. The third-order valence-electron chi connectivity index (χ3n) is 6.82. The molecule has 1 aliphatic rings. The minimum Gasteiger partial charge on any atom is -0.341 e. The van der Waals surface area contributed by atoms with Gasteiger partial charge in [0.15, 0.2) is 5.43 Å².